The lowest BCUT2D eigenvalue weighted by Gasteiger charge is -2.12. The molecule has 0 saturated carbocycles. The molecule has 0 radical (unpaired) electrons. The number of aromatic hydroxyl groups is 1. The Morgan fingerprint density at radius 1 is 1.18 bits per heavy atom. The fraction of sp³-hybridized carbons (Fsp3) is 0.154. The molecular weight excluding hydrogens is 218 g/mol. The van der Waals surface area contributed by atoms with Gasteiger partial charge in [-0.05, 0) is 17.0 Å². The predicted octanol–water partition coefficient (Wildman–Crippen LogP) is 2.33. The molecule has 0 bridgehead atoms. The van der Waals surface area contributed by atoms with E-state index < -0.39 is 6.09 Å². The number of carbonyl (C=O) groups is 1. The minimum absolute atomic E-state index is 0.145. The second-order valence-corrected chi connectivity index (χ2v) is 4.01. The SMILES string of the molecule is O=C1N[C@H](c2ccc(O)c3ccccc23)CO1. The molecule has 1 amide bonds. The summed E-state index contributed by atoms with van der Waals surface area (Å²) < 4.78 is 4.89. The van der Waals surface area contributed by atoms with Gasteiger partial charge in [-0.3, -0.25) is 0 Å². The van der Waals surface area contributed by atoms with E-state index in [2.05, 4.69) is 5.32 Å². The molecule has 2 aromatic rings. The van der Waals surface area contributed by atoms with Crippen molar-refractivity contribution < 1.29 is 14.6 Å². The summed E-state index contributed by atoms with van der Waals surface area (Å²) in [7, 11) is 0. The van der Waals surface area contributed by atoms with Gasteiger partial charge in [0.25, 0.3) is 0 Å². The quantitative estimate of drug-likeness (QED) is 0.789. The number of fused-ring (bicyclic) bond motifs is 1. The van der Waals surface area contributed by atoms with Crippen LogP contribution in [0.1, 0.15) is 11.6 Å². The fourth-order valence-electron chi connectivity index (χ4n) is 2.16. The Morgan fingerprint density at radius 3 is 2.65 bits per heavy atom. The van der Waals surface area contributed by atoms with E-state index in [1.54, 1.807) is 6.07 Å². The number of nitrogens with one attached hydrogen (secondary N) is 1. The number of hydrogen-bond donors (Lipinski definition) is 2. The number of hydrogen-bond acceptors (Lipinski definition) is 3. The Kier molecular flexibility index (Phi) is 2.14. The second-order valence-electron chi connectivity index (χ2n) is 4.01. The highest BCUT2D eigenvalue weighted by Crippen LogP contribution is 2.31. The molecule has 3 rings (SSSR count). The van der Waals surface area contributed by atoms with Crippen LogP contribution in [0.25, 0.3) is 10.8 Å². The monoisotopic (exact) mass is 229 g/mol. The van der Waals surface area contributed by atoms with Gasteiger partial charge < -0.3 is 15.2 Å². The van der Waals surface area contributed by atoms with E-state index in [1.165, 1.54) is 0 Å². The number of benzene rings is 2. The Morgan fingerprint density at radius 2 is 1.94 bits per heavy atom. The molecule has 1 heterocycles. The van der Waals surface area contributed by atoms with Crippen LogP contribution in [0, 0.1) is 0 Å². The Bertz CT molecular complexity index is 594. The van der Waals surface area contributed by atoms with Gasteiger partial charge in [0.2, 0.25) is 0 Å². The van der Waals surface area contributed by atoms with Crippen molar-refractivity contribution in [2.24, 2.45) is 0 Å². The lowest BCUT2D eigenvalue weighted by Crippen LogP contribution is -2.18. The van der Waals surface area contributed by atoms with Crippen molar-refractivity contribution in [1.29, 1.82) is 0 Å². The van der Waals surface area contributed by atoms with Gasteiger partial charge in [0.05, 0.1) is 6.04 Å². The molecule has 4 heteroatoms. The normalized spacial score (nSPS) is 19.1. The number of carbonyl (C=O) groups excluding carboxylic acids is 1. The molecular formula is C13H11NO3. The second kappa shape index (κ2) is 3.66. The summed E-state index contributed by atoms with van der Waals surface area (Å²) in [6.45, 7) is 0.327. The molecule has 2 aromatic carbocycles. The van der Waals surface area contributed by atoms with Crippen LogP contribution in [0.5, 0.6) is 5.75 Å². The fourth-order valence-corrected chi connectivity index (χ4v) is 2.16. The van der Waals surface area contributed by atoms with Crippen molar-refractivity contribution >= 4 is 16.9 Å². The summed E-state index contributed by atoms with van der Waals surface area (Å²) >= 11 is 0. The van der Waals surface area contributed by atoms with Gasteiger partial charge in [-0.25, -0.2) is 4.79 Å². The number of alkyl carbamates (subject to hydrolysis) is 1. The van der Waals surface area contributed by atoms with Gasteiger partial charge in [-0.15, -0.1) is 0 Å². The minimum Gasteiger partial charge on any atom is -0.507 e. The van der Waals surface area contributed by atoms with E-state index in [0.717, 1.165) is 16.3 Å². The Hall–Kier alpha value is -2.23. The van der Waals surface area contributed by atoms with E-state index >= 15 is 0 Å². The number of amides is 1. The Labute approximate surface area is 97.8 Å². The maximum Gasteiger partial charge on any atom is 0.407 e. The Balaban J connectivity index is 2.17. The number of ether oxygens (including phenoxy) is 1. The first-order valence-electron chi connectivity index (χ1n) is 5.39. The highest BCUT2D eigenvalue weighted by atomic mass is 16.6. The molecule has 0 unspecified atom stereocenters. The summed E-state index contributed by atoms with van der Waals surface area (Å²) in [6.07, 6.45) is -0.396. The van der Waals surface area contributed by atoms with Gasteiger partial charge in [0.1, 0.15) is 12.4 Å². The summed E-state index contributed by atoms with van der Waals surface area (Å²) in [4.78, 5) is 11.0. The van der Waals surface area contributed by atoms with Crippen LogP contribution in [0.2, 0.25) is 0 Å². The van der Waals surface area contributed by atoms with Crippen LogP contribution >= 0.6 is 0 Å². The van der Waals surface area contributed by atoms with E-state index in [-0.39, 0.29) is 11.8 Å². The summed E-state index contributed by atoms with van der Waals surface area (Å²) in [5, 5.41) is 14.2. The van der Waals surface area contributed by atoms with Crippen LogP contribution in [-0.4, -0.2) is 17.8 Å². The van der Waals surface area contributed by atoms with Gasteiger partial charge in [-0.2, -0.15) is 0 Å². The van der Waals surface area contributed by atoms with Crippen molar-refractivity contribution in [1.82, 2.24) is 5.32 Å². The average molecular weight is 229 g/mol. The van der Waals surface area contributed by atoms with E-state index in [1.807, 2.05) is 30.3 Å². The maximum atomic E-state index is 11.0. The van der Waals surface area contributed by atoms with Crippen molar-refractivity contribution in [2.75, 3.05) is 6.61 Å². The molecule has 1 saturated heterocycles. The summed E-state index contributed by atoms with van der Waals surface area (Å²) in [5.41, 5.74) is 0.962. The number of rotatable bonds is 1. The van der Waals surface area contributed by atoms with Crippen LogP contribution in [0.3, 0.4) is 0 Å². The van der Waals surface area contributed by atoms with Gasteiger partial charge in [0.15, 0.2) is 0 Å². The molecule has 0 spiro atoms. The topological polar surface area (TPSA) is 58.6 Å². The number of cyclic esters (lactones) is 1. The lowest BCUT2D eigenvalue weighted by atomic mass is 9.99. The maximum absolute atomic E-state index is 11.0. The van der Waals surface area contributed by atoms with E-state index in [9.17, 15) is 9.90 Å². The summed E-state index contributed by atoms with van der Waals surface area (Å²) in [6, 6.07) is 10.9. The zero-order valence-corrected chi connectivity index (χ0v) is 9.01. The first kappa shape index (κ1) is 9.96. The first-order valence-corrected chi connectivity index (χ1v) is 5.39. The first-order chi connectivity index (χ1) is 8.25. The number of phenolic OH excluding ortho intramolecular Hbond substituents is 1. The molecule has 0 aromatic heterocycles. The van der Waals surface area contributed by atoms with Crippen LogP contribution in [-0.2, 0) is 4.74 Å². The van der Waals surface area contributed by atoms with E-state index in [0.29, 0.717) is 6.61 Å². The minimum atomic E-state index is -0.396. The highest BCUT2D eigenvalue weighted by Gasteiger charge is 2.25. The zero-order chi connectivity index (χ0) is 11.8. The molecule has 86 valence electrons. The molecule has 1 aliphatic rings. The third-order valence-electron chi connectivity index (χ3n) is 2.98. The van der Waals surface area contributed by atoms with E-state index in [4.69, 9.17) is 4.74 Å². The predicted molar refractivity (Wildman–Crippen MR) is 62.8 cm³/mol. The third kappa shape index (κ3) is 1.58. The molecule has 4 nitrogen and oxygen atoms in total. The third-order valence-corrected chi connectivity index (χ3v) is 2.98. The molecule has 1 fully saturated rings. The molecule has 17 heavy (non-hydrogen) atoms. The van der Waals surface area contributed by atoms with Crippen LogP contribution in [0.15, 0.2) is 36.4 Å². The van der Waals surface area contributed by atoms with Crippen molar-refractivity contribution in [2.45, 2.75) is 6.04 Å². The summed E-state index contributed by atoms with van der Waals surface area (Å²) in [5.74, 6) is 0.245. The largest absolute Gasteiger partial charge is 0.507 e. The van der Waals surface area contributed by atoms with Crippen molar-refractivity contribution in [3.05, 3.63) is 42.0 Å². The van der Waals surface area contributed by atoms with Crippen LogP contribution < -0.4 is 5.32 Å². The zero-order valence-electron chi connectivity index (χ0n) is 9.01. The molecule has 1 aliphatic heterocycles. The molecule has 0 aliphatic carbocycles. The number of phenols is 1. The smallest absolute Gasteiger partial charge is 0.407 e. The van der Waals surface area contributed by atoms with Crippen LogP contribution in [0.4, 0.5) is 4.79 Å². The highest BCUT2D eigenvalue weighted by molar-refractivity contribution is 5.91. The molecule has 1 atom stereocenters. The standard InChI is InChI=1S/C13H11NO3/c15-12-6-5-9(11-7-17-13(16)14-11)8-3-1-2-4-10(8)12/h1-6,11,15H,7H2,(H,14,16)/t11-/m0/s1. The molecule has 2 N–H and O–H groups in total. The van der Waals surface area contributed by atoms with Gasteiger partial charge in [0, 0.05) is 5.39 Å². The van der Waals surface area contributed by atoms with Gasteiger partial charge in [-0.1, -0.05) is 30.3 Å². The lowest BCUT2D eigenvalue weighted by molar-refractivity contribution is 0.177. The average Bonchev–Trinajstić information content (AvgIpc) is 2.77. The van der Waals surface area contributed by atoms with Crippen molar-refractivity contribution in [3.8, 4) is 5.75 Å². The van der Waals surface area contributed by atoms with Gasteiger partial charge >= 0.3 is 6.09 Å². The van der Waals surface area contributed by atoms with Crippen molar-refractivity contribution in [3.63, 3.8) is 0 Å².